The zero-order valence-corrected chi connectivity index (χ0v) is 23.5. The van der Waals surface area contributed by atoms with Crippen LogP contribution in [0, 0.1) is 35.1 Å². The molecule has 44 heavy (non-hydrogen) atoms. The average Bonchev–Trinajstić information content (AvgIpc) is 3.93. The topological polar surface area (TPSA) is 120 Å². The molecular weight excluding hydrogens is 588 g/mol. The van der Waals surface area contributed by atoms with E-state index < -0.39 is 47.0 Å². The highest BCUT2D eigenvalue weighted by Gasteiger charge is 2.29. The lowest BCUT2D eigenvalue weighted by molar-refractivity contribution is 0.165. The van der Waals surface area contributed by atoms with Gasteiger partial charge in [-0.3, -0.25) is 20.3 Å². The van der Waals surface area contributed by atoms with Crippen molar-refractivity contribution in [2.24, 2.45) is 22.1 Å². The van der Waals surface area contributed by atoms with E-state index in [0.717, 1.165) is 25.7 Å². The molecule has 0 aliphatic heterocycles. The number of hydrogen-bond acceptors (Lipinski definition) is 8. The molecule has 0 heterocycles. The molecule has 0 radical (unpaired) electrons. The highest BCUT2D eigenvalue weighted by atomic mass is 19.2. The van der Waals surface area contributed by atoms with Crippen LogP contribution in [0.2, 0.25) is 0 Å². The van der Waals surface area contributed by atoms with E-state index in [1.807, 2.05) is 0 Å². The largest absolute Gasteiger partial charge is 0.451 e. The van der Waals surface area contributed by atoms with Crippen molar-refractivity contribution < 1.29 is 46.3 Å². The normalized spacial score (nSPS) is 15.0. The summed E-state index contributed by atoms with van der Waals surface area (Å²) in [6.07, 6.45) is 2.28. The van der Waals surface area contributed by atoms with Crippen LogP contribution in [0.3, 0.4) is 0 Å². The fourth-order valence-corrected chi connectivity index (χ4v) is 3.88. The van der Waals surface area contributed by atoms with Crippen LogP contribution >= 0.6 is 0 Å². The number of halogens is 4. The molecule has 0 bridgehead atoms. The van der Waals surface area contributed by atoms with Crippen molar-refractivity contribution in [2.75, 3.05) is 10.6 Å². The van der Waals surface area contributed by atoms with Crippen LogP contribution in [-0.2, 0) is 9.68 Å². The molecule has 2 N–H and O–H groups in total. The number of carbonyl (C=O) groups excluding carboxylic acids is 2. The molecule has 0 saturated heterocycles. The van der Waals surface area contributed by atoms with Crippen LogP contribution in [0.4, 0.5) is 38.5 Å². The first kappa shape index (κ1) is 30.3. The Bertz CT molecular complexity index is 1470. The summed E-state index contributed by atoms with van der Waals surface area (Å²) in [5, 5.41) is 12.3. The van der Waals surface area contributed by atoms with Crippen LogP contribution in [0.25, 0.3) is 0 Å². The minimum absolute atomic E-state index is 0.188. The molecule has 2 aliphatic carbocycles. The maximum absolute atomic E-state index is 14.8. The van der Waals surface area contributed by atoms with Gasteiger partial charge in [0, 0.05) is 23.2 Å². The van der Waals surface area contributed by atoms with E-state index in [1.54, 1.807) is 13.8 Å². The molecule has 0 aromatic heterocycles. The number of nitrogens with one attached hydrogen (secondary N) is 2. The van der Waals surface area contributed by atoms with Gasteiger partial charge in [0.05, 0.1) is 11.4 Å². The molecule has 3 aromatic carbocycles. The van der Waals surface area contributed by atoms with Crippen molar-refractivity contribution in [3.05, 3.63) is 71.8 Å². The van der Waals surface area contributed by atoms with E-state index in [4.69, 9.17) is 19.1 Å². The van der Waals surface area contributed by atoms with Crippen molar-refractivity contribution >= 4 is 35.0 Å². The van der Waals surface area contributed by atoms with Crippen molar-refractivity contribution in [3.63, 3.8) is 0 Å². The number of oxime groups is 2. The lowest BCUT2D eigenvalue weighted by Gasteiger charge is -2.14. The molecular formula is C30H26F4N4O6. The number of anilines is 2. The van der Waals surface area contributed by atoms with Crippen molar-refractivity contribution in [2.45, 2.75) is 39.5 Å². The predicted molar refractivity (Wildman–Crippen MR) is 151 cm³/mol. The van der Waals surface area contributed by atoms with Gasteiger partial charge in [-0.1, -0.05) is 10.3 Å². The lowest BCUT2D eigenvalue weighted by Crippen LogP contribution is -2.12. The van der Waals surface area contributed by atoms with Crippen molar-refractivity contribution in [3.8, 4) is 23.0 Å². The number of carbonyl (C=O) groups is 2. The number of hydrogen-bond donors (Lipinski definition) is 2. The maximum atomic E-state index is 14.8. The first-order valence-corrected chi connectivity index (χ1v) is 13.6. The molecule has 14 heteroatoms. The SMILES string of the molecule is CC(=NOC(=O)Nc1ccc(Oc2c(F)c(F)c(Oc3ccc(NC(=O)O/N=C(/C)C4CC4)cc3)c(F)c2F)cc1)C1CC1. The quantitative estimate of drug-likeness (QED) is 0.0777. The van der Waals surface area contributed by atoms with Gasteiger partial charge in [0.25, 0.3) is 0 Å². The summed E-state index contributed by atoms with van der Waals surface area (Å²) in [6, 6.07) is 10.1. The number of benzene rings is 3. The standard InChI is InChI=1S/C30H26F4N4O6/c1-15(17-3-4-17)37-43-29(39)35-19-7-11-21(12-8-19)41-27-23(31)25(33)28(26(34)24(27)32)42-22-13-9-20(10-14-22)36-30(40)44-38-16(2)18-5-6-18/h7-14,17-18H,3-6H2,1-2H3,(H,35,39)(H,36,40)/b37-15-,38-16?. The van der Waals surface area contributed by atoms with Crippen LogP contribution < -0.4 is 20.1 Å². The first-order valence-electron chi connectivity index (χ1n) is 13.6. The highest BCUT2D eigenvalue weighted by molar-refractivity contribution is 5.89. The van der Waals surface area contributed by atoms with Crippen LogP contribution in [-0.4, -0.2) is 23.6 Å². The van der Waals surface area contributed by atoms with Gasteiger partial charge in [0.1, 0.15) is 11.5 Å². The van der Waals surface area contributed by atoms with Crippen LogP contribution in [0.5, 0.6) is 23.0 Å². The van der Waals surface area contributed by atoms with Gasteiger partial charge in [-0.25, -0.2) is 9.59 Å². The van der Waals surface area contributed by atoms with Gasteiger partial charge in [0.15, 0.2) is 0 Å². The molecule has 0 spiro atoms. The lowest BCUT2D eigenvalue weighted by atomic mass is 10.2. The average molecular weight is 615 g/mol. The fraction of sp³-hybridized carbons (Fsp3) is 0.267. The number of rotatable bonds is 10. The molecule has 2 fully saturated rings. The van der Waals surface area contributed by atoms with E-state index in [2.05, 4.69) is 20.9 Å². The number of ether oxygens (including phenoxy) is 2. The molecule has 2 aliphatic rings. The molecule has 10 nitrogen and oxygen atoms in total. The molecule has 2 saturated carbocycles. The van der Waals surface area contributed by atoms with E-state index >= 15 is 0 Å². The number of nitrogens with zero attached hydrogens (tertiary/aromatic N) is 2. The molecule has 0 atom stereocenters. The van der Waals surface area contributed by atoms with Crippen molar-refractivity contribution in [1.29, 1.82) is 0 Å². The maximum Gasteiger partial charge on any atom is 0.437 e. The van der Waals surface area contributed by atoms with Crippen molar-refractivity contribution in [1.82, 2.24) is 0 Å². The Labute approximate surface area is 248 Å². The Morgan fingerprint density at radius 2 is 0.932 bits per heavy atom. The molecule has 0 unspecified atom stereocenters. The zero-order valence-electron chi connectivity index (χ0n) is 23.5. The first-order chi connectivity index (χ1) is 21.1. The van der Waals surface area contributed by atoms with Gasteiger partial charge in [-0.2, -0.15) is 17.6 Å². The summed E-state index contributed by atoms with van der Waals surface area (Å²) in [4.78, 5) is 33.3. The minimum atomic E-state index is -1.84. The fourth-order valence-electron chi connectivity index (χ4n) is 3.88. The summed E-state index contributed by atoms with van der Waals surface area (Å²) >= 11 is 0. The molecule has 3 aromatic rings. The second kappa shape index (κ2) is 13.0. The van der Waals surface area contributed by atoms with E-state index in [-0.39, 0.29) is 22.9 Å². The monoisotopic (exact) mass is 614 g/mol. The molecule has 5 rings (SSSR count). The van der Waals surface area contributed by atoms with Gasteiger partial charge in [-0.15, -0.1) is 0 Å². The summed E-state index contributed by atoms with van der Waals surface area (Å²) in [5.74, 6) is -9.75. The van der Waals surface area contributed by atoms with Crippen LogP contribution in [0.15, 0.2) is 58.8 Å². The highest BCUT2D eigenvalue weighted by Crippen LogP contribution is 2.39. The van der Waals surface area contributed by atoms with Crippen LogP contribution in [0.1, 0.15) is 39.5 Å². The Kier molecular flexibility index (Phi) is 8.97. The van der Waals surface area contributed by atoms with Gasteiger partial charge < -0.3 is 9.47 Å². The Hall–Kier alpha value is -5.14. The Balaban J connectivity index is 1.20. The Morgan fingerprint density at radius 3 is 1.23 bits per heavy atom. The Morgan fingerprint density at radius 1 is 0.614 bits per heavy atom. The third-order valence-electron chi connectivity index (χ3n) is 6.71. The smallest absolute Gasteiger partial charge is 0.437 e. The summed E-state index contributed by atoms with van der Waals surface area (Å²) in [7, 11) is 0. The van der Waals surface area contributed by atoms with E-state index in [1.165, 1.54) is 48.5 Å². The third kappa shape index (κ3) is 7.62. The molecule has 230 valence electrons. The van der Waals surface area contributed by atoms with Gasteiger partial charge in [-0.05, 0) is 88.1 Å². The molecule has 2 amide bonds. The summed E-state index contributed by atoms with van der Waals surface area (Å²) in [6.45, 7) is 3.51. The van der Waals surface area contributed by atoms with E-state index in [9.17, 15) is 27.2 Å². The number of amides is 2. The minimum Gasteiger partial charge on any atom is -0.451 e. The van der Waals surface area contributed by atoms with E-state index in [0.29, 0.717) is 23.3 Å². The van der Waals surface area contributed by atoms with Gasteiger partial charge >= 0.3 is 12.2 Å². The summed E-state index contributed by atoms with van der Waals surface area (Å²) in [5.41, 5.74) is 1.88. The zero-order chi connectivity index (χ0) is 31.4. The summed E-state index contributed by atoms with van der Waals surface area (Å²) < 4.78 is 69.3. The second-order valence-corrected chi connectivity index (χ2v) is 10.2. The third-order valence-corrected chi connectivity index (χ3v) is 6.71. The van der Waals surface area contributed by atoms with Gasteiger partial charge in [0.2, 0.25) is 34.8 Å². The second-order valence-electron chi connectivity index (χ2n) is 10.2. The predicted octanol–water partition coefficient (Wildman–Crippen LogP) is 8.50.